The van der Waals surface area contributed by atoms with Crippen LogP contribution in [-0.4, -0.2) is 18.3 Å². The molecule has 2 heterocycles. The lowest BCUT2D eigenvalue weighted by molar-refractivity contribution is 0.0511. The fourth-order valence-corrected chi connectivity index (χ4v) is 4.27. The number of hydrogen-bond donors (Lipinski definition) is 1. The number of rotatable bonds is 1. The van der Waals surface area contributed by atoms with Crippen molar-refractivity contribution in [3.05, 3.63) is 47.5 Å². The summed E-state index contributed by atoms with van der Waals surface area (Å²) in [7, 11) is 0. The maximum absolute atomic E-state index is 14.9. The van der Waals surface area contributed by atoms with Crippen LogP contribution in [0.2, 0.25) is 0 Å². The molecule has 0 amide bonds. The molecule has 0 saturated heterocycles. The summed E-state index contributed by atoms with van der Waals surface area (Å²) in [6.07, 6.45) is 0. The van der Waals surface area contributed by atoms with Crippen LogP contribution >= 0.6 is 11.3 Å². The molecule has 2 N–H and O–H groups in total. The van der Waals surface area contributed by atoms with Crippen molar-refractivity contribution in [3.63, 3.8) is 0 Å². The highest BCUT2D eigenvalue weighted by Gasteiger charge is 2.40. The van der Waals surface area contributed by atoms with Gasteiger partial charge in [0.2, 0.25) is 0 Å². The average Bonchev–Trinajstić information content (AvgIpc) is 2.95. The summed E-state index contributed by atoms with van der Waals surface area (Å²) >= 11 is 1.72. The van der Waals surface area contributed by atoms with Gasteiger partial charge in [-0.1, -0.05) is 12.0 Å². The standard InChI is InChI=1S/C20H17FN2OS/c1-3-4-12-5-7-16-14(9-12)15-10-13(6-8-17(15)25-16)18-20(2,21)11-24-19(22)23-18/h5-10,18H,11H2,1-2H3,(H2,22,23). The molecule has 2 atom stereocenters. The smallest absolute Gasteiger partial charge is 0.282 e. The van der Waals surface area contributed by atoms with Gasteiger partial charge in [-0.05, 0) is 49.7 Å². The summed E-state index contributed by atoms with van der Waals surface area (Å²) < 4.78 is 22.3. The Morgan fingerprint density at radius 3 is 2.72 bits per heavy atom. The molecule has 3 aromatic rings. The highest BCUT2D eigenvalue weighted by molar-refractivity contribution is 7.25. The first-order chi connectivity index (χ1) is 12.0. The van der Waals surface area contributed by atoms with E-state index in [9.17, 15) is 4.39 Å². The monoisotopic (exact) mass is 352 g/mol. The summed E-state index contributed by atoms with van der Waals surface area (Å²) in [6, 6.07) is 11.5. The van der Waals surface area contributed by atoms with Crippen molar-refractivity contribution in [3.8, 4) is 11.8 Å². The minimum absolute atomic E-state index is 0.0379. The van der Waals surface area contributed by atoms with E-state index in [2.05, 4.69) is 29.0 Å². The molecule has 0 bridgehead atoms. The predicted molar refractivity (Wildman–Crippen MR) is 102 cm³/mol. The van der Waals surface area contributed by atoms with Crippen LogP contribution in [0.1, 0.15) is 31.0 Å². The second-order valence-corrected chi connectivity index (χ2v) is 7.46. The van der Waals surface area contributed by atoms with Crippen LogP contribution in [0.3, 0.4) is 0 Å². The SMILES string of the molecule is CC#Cc1ccc2sc3ccc(C4N=C(N)OCC4(C)F)cc3c2c1. The van der Waals surface area contributed by atoms with E-state index in [-0.39, 0.29) is 12.6 Å². The van der Waals surface area contributed by atoms with Crippen molar-refractivity contribution in [2.75, 3.05) is 6.61 Å². The second-order valence-electron chi connectivity index (χ2n) is 6.38. The Balaban J connectivity index is 1.91. The number of amidine groups is 1. The first kappa shape index (κ1) is 15.9. The highest BCUT2D eigenvalue weighted by Crippen LogP contribution is 2.40. The lowest BCUT2D eigenvalue weighted by Gasteiger charge is -2.31. The van der Waals surface area contributed by atoms with E-state index < -0.39 is 11.7 Å². The Kier molecular flexibility index (Phi) is 3.66. The fourth-order valence-electron chi connectivity index (χ4n) is 3.20. The first-order valence-electron chi connectivity index (χ1n) is 8.02. The minimum Gasteiger partial charge on any atom is -0.462 e. The Morgan fingerprint density at radius 1 is 1.24 bits per heavy atom. The number of benzene rings is 2. The minimum atomic E-state index is -1.60. The lowest BCUT2D eigenvalue weighted by Crippen LogP contribution is -2.40. The molecule has 1 aliphatic rings. The molecule has 0 radical (unpaired) electrons. The second kappa shape index (κ2) is 5.75. The van der Waals surface area contributed by atoms with Crippen LogP contribution in [0.4, 0.5) is 4.39 Å². The molecule has 0 fully saturated rings. The Labute approximate surface area is 149 Å². The van der Waals surface area contributed by atoms with Crippen molar-refractivity contribution in [1.29, 1.82) is 0 Å². The van der Waals surface area contributed by atoms with Crippen molar-refractivity contribution >= 4 is 37.5 Å². The molecule has 0 saturated carbocycles. The van der Waals surface area contributed by atoms with E-state index in [0.29, 0.717) is 0 Å². The van der Waals surface area contributed by atoms with E-state index in [0.717, 1.165) is 26.6 Å². The predicted octanol–water partition coefficient (Wildman–Crippen LogP) is 4.54. The maximum atomic E-state index is 14.9. The van der Waals surface area contributed by atoms with E-state index in [4.69, 9.17) is 10.5 Å². The zero-order chi connectivity index (χ0) is 17.6. The number of halogens is 1. The lowest BCUT2D eigenvalue weighted by atomic mass is 9.91. The third-order valence-electron chi connectivity index (χ3n) is 4.41. The number of hydrogen-bond acceptors (Lipinski definition) is 4. The number of thiophene rings is 1. The summed E-state index contributed by atoms with van der Waals surface area (Å²) in [6.45, 7) is 3.23. The number of nitrogens with zero attached hydrogens (tertiary/aromatic N) is 1. The van der Waals surface area contributed by atoms with Crippen molar-refractivity contribution in [2.24, 2.45) is 10.7 Å². The molecule has 2 unspecified atom stereocenters. The van der Waals surface area contributed by atoms with Gasteiger partial charge in [-0.3, -0.25) is 0 Å². The number of aliphatic imine (C=N–C) groups is 1. The summed E-state index contributed by atoms with van der Waals surface area (Å²) in [5, 5.41) is 2.22. The van der Waals surface area contributed by atoms with Gasteiger partial charge >= 0.3 is 0 Å². The highest BCUT2D eigenvalue weighted by atomic mass is 32.1. The maximum Gasteiger partial charge on any atom is 0.282 e. The van der Waals surface area contributed by atoms with Gasteiger partial charge in [-0.25, -0.2) is 9.38 Å². The zero-order valence-electron chi connectivity index (χ0n) is 14.0. The van der Waals surface area contributed by atoms with Crippen LogP contribution in [0, 0.1) is 11.8 Å². The van der Waals surface area contributed by atoms with Crippen molar-refractivity contribution in [2.45, 2.75) is 25.6 Å². The zero-order valence-corrected chi connectivity index (χ0v) is 14.8. The normalized spacial score (nSPS) is 23.0. The molecular weight excluding hydrogens is 335 g/mol. The quantitative estimate of drug-likeness (QED) is 0.654. The molecule has 0 spiro atoms. The molecule has 1 aliphatic heterocycles. The third-order valence-corrected chi connectivity index (χ3v) is 5.56. The number of alkyl halides is 1. The number of fused-ring (bicyclic) bond motifs is 3. The average molecular weight is 352 g/mol. The van der Waals surface area contributed by atoms with Crippen LogP contribution in [0.25, 0.3) is 20.2 Å². The van der Waals surface area contributed by atoms with E-state index >= 15 is 0 Å². The molecular formula is C20H17FN2OS. The van der Waals surface area contributed by atoms with E-state index in [1.54, 1.807) is 11.3 Å². The Morgan fingerprint density at radius 2 is 1.96 bits per heavy atom. The molecule has 2 aromatic carbocycles. The first-order valence-corrected chi connectivity index (χ1v) is 8.83. The molecule has 4 rings (SSSR count). The molecule has 126 valence electrons. The summed E-state index contributed by atoms with van der Waals surface area (Å²) in [4.78, 5) is 4.20. The van der Waals surface area contributed by atoms with Crippen LogP contribution in [0.15, 0.2) is 41.4 Å². The van der Waals surface area contributed by atoms with Gasteiger partial charge in [-0.15, -0.1) is 17.3 Å². The number of ether oxygens (including phenoxy) is 1. The summed E-state index contributed by atoms with van der Waals surface area (Å²) in [5.74, 6) is 6.02. The fraction of sp³-hybridized carbons (Fsp3) is 0.250. The van der Waals surface area contributed by atoms with Crippen molar-refractivity contribution < 1.29 is 9.13 Å². The van der Waals surface area contributed by atoms with Gasteiger partial charge in [0.15, 0.2) is 5.67 Å². The van der Waals surface area contributed by atoms with Gasteiger partial charge < -0.3 is 10.5 Å². The van der Waals surface area contributed by atoms with Gasteiger partial charge in [0.1, 0.15) is 12.6 Å². The van der Waals surface area contributed by atoms with Crippen LogP contribution < -0.4 is 5.73 Å². The molecule has 3 nitrogen and oxygen atoms in total. The van der Waals surface area contributed by atoms with Crippen LogP contribution in [0.5, 0.6) is 0 Å². The number of nitrogens with two attached hydrogens (primary N) is 1. The van der Waals surface area contributed by atoms with Gasteiger partial charge in [0.25, 0.3) is 6.02 Å². The summed E-state index contributed by atoms with van der Waals surface area (Å²) in [5.41, 5.74) is 5.85. The van der Waals surface area contributed by atoms with Gasteiger partial charge in [0.05, 0.1) is 0 Å². The van der Waals surface area contributed by atoms with Crippen molar-refractivity contribution in [1.82, 2.24) is 0 Å². The van der Waals surface area contributed by atoms with E-state index in [1.807, 2.05) is 31.2 Å². The van der Waals surface area contributed by atoms with Gasteiger partial charge in [-0.2, -0.15) is 0 Å². The van der Waals surface area contributed by atoms with E-state index in [1.165, 1.54) is 11.6 Å². The Hall–Kier alpha value is -2.58. The third kappa shape index (κ3) is 2.73. The molecule has 0 aliphatic carbocycles. The van der Waals surface area contributed by atoms with Gasteiger partial charge in [0, 0.05) is 25.7 Å². The molecule has 5 heteroatoms. The van der Waals surface area contributed by atoms with Crippen LogP contribution in [-0.2, 0) is 4.74 Å². The Bertz CT molecular complexity index is 1070. The topological polar surface area (TPSA) is 47.6 Å². The molecule has 1 aromatic heterocycles. The largest absolute Gasteiger partial charge is 0.462 e. The molecule has 25 heavy (non-hydrogen) atoms.